The number of carbonyl (C=O) groups is 3. The van der Waals surface area contributed by atoms with Gasteiger partial charge < -0.3 is 30.6 Å². The number of ether oxygens (including phenoxy) is 1. The maximum Gasteiger partial charge on any atom is 0.352 e. The number of nitrogens with two attached hydrogens (primary N) is 1. The van der Waals surface area contributed by atoms with Crippen molar-refractivity contribution in [2.45, 2.75) is 31.5 Å². The predicted molar refractivity (Wildman–Crippen MR) is 136 cm³/mol. The topological polar surface area (TPSA) is 185 Å². The first-order chi connectivity index (χ1) is 18.3. The summed E-state index contributed by atoms with van der Waals surface area (Å²) in [6.45, 7) is 3.88. The first-order valence-electron chi connectivity index (χ1n) is 11.6. The molecule has 4 N–H and O–H groups in total. The Kier molecular flexibility index (Phi) is 6.75. The van der Waals surface area contributed by atoms with Gasteiger partial charge in [-0.15, -0.1) is 11.8 Å². The van der Waals surface area contributed by atoms with Gasteiger partial charge in [-0.25, -0.2) is 19.8 Å². The van der Waals surface area contributed by atoms with Gasteiger partial charge in [0.15, 0.2) is 11.6 Å². The number of carboxylic acids is 1. The van der Waals surface area contributed by atoms with Gasteiger partial charge in [-0.1, -0.05) is 5.16 Å². The van der Waals surface area contributed by atoms with E-state index in [1.165, 1.54) is 29.1 Å². The number of thioether (sulfide) groups is 1. The maximum atomic E-state index is 13.1. The lowest BCUT2D eigenvalue weighted by molar-refractivity contribution is -0.150. The molecule has 2 amide bonds. The first kappa shape index (κ1) is 25.3. The molecular weight excluding hydrogens is 516 g/mol. The van der Waals surface area contributed by atoms with E-state index in [0.717, 1.165) is 5.70 Å². The van der Waals surface area contributed by atoms with E-state index in [4.69, 9.17) is 15.3 Å². The smallest absolute Gasteiger partial charge is 0.352 e. The fourth-order valence-corrected chi connectivity index (χ4v) is 5.69. The number of β-lactam (4-membered cyclic amide) rings is 1. The molecule has 3 atom stereocenters. The molecule has 1 fully saturated rings. The third-order valence-corrected chi connectivity index (χ3v) is 7.36. The van der Waals surface area contributed by atoms with Crippen LogP contribution in [0.4, 0.5) is 5.95 Å². The summed E-state index contributed by atoms with van der Waals surface area (Å²) in [6, 6.07) is -0.955. The van der Waals surface area contributed by atoms with Crippen LogP contribution in [-0.2, 0) is 24.0 Å². The van der Waals surface area contributed by atoms with E-state index in [9.17, 15) is 19.5 Å². The number of amides is 2. The van der Waals surface area contributed by atoms with Gasteiger partial charge in [0.25, 0.3) is 11.8 Å². The van der Waals surface area contributed by atoms with E-state index in [2.05, 4.69) is 25.4 Å². The van der Waals surface area contributed by atoms with Crippen molar-refractivity contribution in [2.24, 2.45) is 10.1 Å². The van der Waals surface area contributed by atoms with E-state index < -0.39 is 35.4 Å². The monoisotopic (exact) mass is 540 g/mol. The number of rotatable bonds is 8. The van der Waals surface area contributed by atoms with E-state index in [1.54, 1.807) is 20.0 Å². The number of carboxylic acid groups (broad SMARTS) is 1. The quantitative estimate of drug-likeness (QED) is 0.229. The number of aliphatic carboxylic acids is 1. The van der Waals surface area contributed by atoms with Crippen molar-refractivity contribution in [1.82, 2.24) is 25.1 Å². The normalized spacial score (nSPS) is 24.1. The molecule has 5 rings (SSSR count). The molecule has 0 radical (unpaired) electrons. The van der Waals surface area contributed by atoms with Crippen LogP contribution in [-0.4, -0.2) is 90.8 Å². The molecule has 0 aliphatic carbocycles. The highest BCUT2D eigenvalue weighted by molar-refractivity contribution is 8.00. The number of aliphatic imine (C=N–C) groups is 1. The molecule has 2 unspecified atom stereocenters. The Labute approximate surface area is 220 Å². The van der Waals surface area contributed by atoms with Crippen LogP contribution in [0.3, 0.4) is 0 Å². The second-order valence-electron chi connectivity index (χ2n) is 8.51. The van der Waals surface area contributed by atoms with Gasteiger partial charge in [-0.3, -0.25) is 14.5 Å². The summed E-state index contributed by atoms with van der Waals surface area (Å²) in [5.74, 6) is -1.58. The Balaban J connectivity index is 1.33. The average molecular weight is 541 g/mol. The van der Waals surface area contributed by atoms with Gasteiger partial charge in [-0.05, 0) is 24.6 Å². The Morgan fingerprint density at radius 1 is 1.37 bits per heavy atom. The van der Waals surface area contributed by atoms with Crippen LogP contribution in [0.25, 0.3) is 0 Å². The molecule has 14 nitrogen and oxygen atoms in total. The second kappa shape index (κ2) is 10.2. The van der Waals surface area contributed by atoms with Gasteiger partial charge in [-0.2, -0.15) is 0 Å². The summed E-state index contributed by atoms with van der Waals surface area (Å²) in [7, 11) is 0. The van der Waals surface area contributed by atoms with Gasteiger partial charge >= 0.3 is 5.97 Å². The van der Waals surface area contributed by atoms with Crippen molar-refractivity contribution >= 4 is 47.1 Å². The molecule has 0 saturated carbocycles. The summed E-state index contributed by atoms with van der Waals surface area (Å²) in [5, 5.41) is 15.9. The van der Waals surface area contributed by atoms with E-state index in [-0.39, 0.29) is 36.1 Å². The molecule has 4 aliphatic heterocycles. The maximum absolute atomic E-state index is 13.1. The fraction of sp³-hybridized carbons (Fsp3) is 0.348. The lowest BCUT2D eigenvalue weighted by atomic mass is 10.0. The lowest BCUT2D eigenvalue weighted by Crippen LogP contribution is -2.71. The molecular formula is C23H24N8O6S. The van der Waals surface area contributed by atoms with Crippen molar-refractivity contribution in [3.05, 3.63) is 53.3 Å². The molecule has 0 aromatic carbocycles. The summed E-state index contributed by atoms with van der Waals surface area (Å²) < 4.78 is 5.77. The Bertz CT molecular complexity index is 1340. The number of carbonyl (C=O) groups excluding carboxylic acids is 2. The van der Waals surface area contributed by atoms with E-state index in [1.807, 2.05) is 17.1 Å². The zero-order valence-electron chi connectivity index (χ0n) is 20.4. The minimum Gasteiger partial charge on any atom is -0.477 e. The molecule has 198 valence electrons. The van der Waals surface area contributed by atoms with E-state index in [0.29, 0.717) is 17.2 Å². The molecule has 1 saturated heterocycles. The zero-order chi connectivity index (χ0) is 27.0. The van der Waals surface area contributed by atoms with Crippen LogP contribution >= 0.6 is 11.8 Å². The first-order valence-corrected chi connectivity index (χ1v) is 12.7. The Morgan fingerprint density at radius 2 is 2.13 bits per heavy atom. The third-order valence-electron chi connectivity index (χ3n) is 6.02. The Morgan fingerprint density at radius 3 is 2.84 bits per heavy atom. The van der Waals surface area contributed by atoms with Crippen molar-refractivity contribution in [1.29, 1.82) is 0 Å². The second-order valence-corrected chi connectivity index (χ2v) is 9.62. The minimum absolute atomic E-state index is 0.0200. The number of oxime groups is 1. The van der Waals surface area contributed by atoms with Gasteiger partial charge in [0.05, 0.1) is 0 Å². The minimum atomic E-state index is -1.22. The van der Waals surface area contributed by atoms with Crippen LogP contribution in [0.2, 0.25) is 0 Å². The van der Waals surface area contributed by atoms with Crippen molar-refractivity contribution in [2.75, 3.05) is 24.6 Å². The van der Waals surface area contributed by atoms with Gasteiger partial charge in [0.1, 0.15) is 29.4 Å². The van der Waals surface area contributed by atoms with Crippen molar-refractivity contribution < 1.29 is 29.1 Å². The highest BCUT2D eigenvalue weighted by atomic mass is 32.2. The summed E-state index contributed by atoms with van der Waals surface area (Å²) in [5.41, 5.74) is 6.81. The number of nitrogens with zero attached hydrogens (tertiary/aromatic N) is 6. The summed E-state index contributed by atoms with van der Waals surface area (Å²) >= 11 is 1.36. The number of nitrogens with one attached hydrogen (secondary N) is 1. The largest absolute Gasteiger partial charge is 0.477 e. The number of anilines is 1. The molecule has 15 heteroatoms. The highest BCUT2D eigenvalue weighted by Crippen LogP contribution is 2.41. The molecule has 38 heavy (non-hydrogen) atoms. The van der Waals surface area contributed by atoms with Gasteiger partial charge in [0, 0.05) is 43.4 Å². The molecule has 0 bridgehead atoms. The SMILES string of the molecule is CCO/N=C(/C(=O)NC1C(=O)N2C(C(=O)O)=C(CN3C=CC=C4N=C(C)OC43)CS[C@H]12)c1cnc(N)nc1. The molecule has 5 heterocycles. The third kappa shape index (κ3) is 4.55. The number of aromatic nitrogens is 2. The average Bonchev–Trinajstić information content (AvgIpc) is 3.29. The Hall–Kier alpha value is -4.40. The zero-order valence-corrected chi connectivity index (χ0v) is 21.2. The summed E-state index contributed by atoms with van der Waals surface area (Å²) in [6.07, 6.45) is 7.62. The number of nitrogen functional groups attached to an aromatic ring is 1. The molecule has 1 aromatic rings. The molecule has 4 aliphatic rings. The van der Waals surface area contributed by atoms with Crippen LogP contribution in [0.15, 0.2) is 57.9 Å². The van der Waals surface area contributed by atoms with Crippen molar-refractivity contribution in [3.63, 3.8) is 0 Å². The number of allylic oxidation sites excluding steroid dienone is 2. The lowest BCUT2D eigenvalue weighted by Gasteiger charge is -2.49. The number of hydrogen-bond acceptors (Lipinski definition) is 12. The standard InChI is InChI=1S/C23H24N8O6S/c1-3-36-29-15(12-7-25-23(24)26-8-12)18(32)28-16-19(33)31-17(22(34)35)13(10-38-21(16)31)9-30-6-4-5-14-20(30)37-11(2)27-14/h4-8,16,20-21H,3,9-10H2,1-2H3,(H,28,32)(H,34,35)(H2,24,25,26)/b29-15+/t16?,20?,21-/m1/s1. The van der Waals surface area contributed by atoms with Crippen LogP contribution in [0, 0.1) is 0 Å². The number of hydrogen-bond donors (Lipinski definition) is 3. The predicted octanol–water partition coefficient (Wildman–Crippen LogP) is 0.0259. The fourth-order valence-electron chi connectivity index (χ4n) is 4.36. The number of fused-ring (bicyclic) bond motifs is 2. The van der Waals surface area contributed by atoms with E-state index >= 15 is 0 Å². The van der Waals surface area contributed by atoms with Crippen molar-refractivity contribution in [3.8, 4) is 0 Å². The van der Waals surface area contributed by atoms with Crippen LogP contribution < -0.4 is 11.1 Å². The summed E-state index contributed by atoms with van der Waals surface area (Å²) in [4.78, 5) is 58.7. The molecule has 0 spiro atoms. The highest BCUT2D eigenvalue weighted by Gasteiger charge is 2.54. The molecule has 1 aromatic heterocycles. The van der Waals surface area contributed by atoms with Gasteiger partial charge in [0.2, 0.25) is 12.2 Å². The van der Waals surface area contributed by atoms with Crippen LogP contribution in [0.5, 0.6) is 0 Å². The van der Waals surface area contributed by atoms with Crippen LogP contribution in [0.1, 0.15) is 19.4 Å².